The van der Waals surface area contributed by atoms with Gasteiger partial charge < -0.3 is 20.7 Å². The van der Waals surface area contributed by atoms with Crippen molar-refractivity contribution in [1.29, 1.82) is 0 Å². The largest absolute Gasteiger partial charge is 0.444 e. The van der Waals surface area contributed by atoms with Gasteiger partial charge >= 0.3 is 6.09 Å². The molecule has 22 heavy (non-hydrogen) atoms. The number of halogens is 1. The van der Waals surface area contributed by atoms with Gasteiger partial charge in [0.1, 0.15) is 11.4 Å². The molecule has 122 valence electrons. The first-order valence-corrected chi connectivity index (χ1v) is 8.19. The summed E-state index contributed by atoms with van der Waals surface area (Å²) in [5.74, 6) is 0.487. The van der Waals surface area contributed by atoms with Crippen molar-refractivity contribution in [3.05, 3.63) is 16.7 Å². The fourth-order valence-electron chi connectivity index (χ4n) is 2.47. The maximum atomic E-state index is 11.9. The van der Waals surface area contributed by atoms with Gasteiger partial charge in [0.2, 0.25) is 0 Å². The lowest BCUT2D eigenvalue weighted by Gasteiger charge is -2.35. The molecule has 0 spiro atoms. The number of pyridine rings is 1. The Kier molecular flexibility index (Phi) is 5.16. The smallest absolute Gasteiger partial charge is 0.407 e. The van der Waals surface area contributed by atoms with E-state index in [-0.39, 0.29) is 12.1 Å². The third kappa shape index (κ3) is 4.76. The van der Waals surface area contributed by atoms with E-state index in [1.807, 2.05) is 26.8 Å². The second kappa shape index (κ2) is 6.73. The molecular formula is C15H23BrN4O2. The van der Waals surface area contributed by atoms with Crippen LogP contribution in [0.15, 0.2) is 16.7 Å². The first kappa shape index (κ1) is 16.9. The summed E-state index contributed by atoms with van der Waals surface area (Å²) in [4.78, 5) is 18.2. The van der Waals surface area contributed by atoms with E-state index in [0.29, 0.717) is 5.82 Å². The second-order valence-electron chi connectivity index (χ2n) is 6.49. The number of rotatable bonds is 2. The molecule has 0 aromatic carbocycles. The molecule has 0 radical (unpaired) electrons. The molecule has 0 saturated carbocycles. The van der Waals surface area contributed by atoms with E-state index < -0.39 is 5.60 Å². The Labute approximate surface area is 139 Å². The summed E-state index contributed by atoms with van der Waals surface area (Å²) >= 11 is 3.50. The Morgan fingerprint density at radius 3 is 2.95 bits per heavy atom. The van der Waals surface area contributed by atoms with Crippen molar-refractivity contribution in [2.75, 3.05) is 23.7 Å². The van der Waals surface area contributed by atoms with Crippen molar-refractivity contribution in [2.45, 2.75) is 45.3 Å². The standard InChI is InChI=1S/C15H23BrN4O2/c1-15(2,3)22-14(21)19-10-5-4-6-20(9-10)12-7-13(17)18-8-11(12)16/h7-8,10H,4-6,9H2,1-3H3,(H2,17,18)(H,19,21)/t10-/m0/s1. The number of hydrogen-bond donors (Lipinski definition) is 2. The number of hydrogen-bond acceptors (Lipinski definition) is 5. The Bertz CT molecular complexity index is 545. The Morgan fingerprint density at radius 2 is 2.27 bits per heavy atom. The van der Waals surface area contributed by atoms with Crippen LogP contribution in [0.4, 0.5) is 16.3 Å². The van der Waals surface area contributed by atoms with Crippen LogP contribution in [0.1, 0.15) is 33.6 Å². The van der Waals surface area contributed by atoms with Gasteiger partial charge in [0, 0.05) is 31.4 Å². The van der Waals surface area contributed by atoms with Crippen LogP contribution in [0.5, 0.6) is 0 Å². The second-order valence-corrected chi connectivity index (χ2v) is 7.35. The molecule has 1 atom stereocenters. The molecule has 2 heterocycles. The number of nitrogen functional groups attached to an aromatic ring is 1. The van der Waals surface area contributed by atoms with Gasteiger partial charge in [0.05, 0.1) is 10.2 Å². The minimum absolute atomic E-state index is 0.0601. The molecule has 2 rings (SSSR count). The number of alkyl carbamates (subject to hydrolysis) is 1. The van der Waals surface area contributed by atoms with Gasteiger partial charge in [-0.25, -0.2) is 9.78 Å². The number of nitrogens with one attached hydrogen (secondary N) is 1. The molecule has 1 aromatic rings. The van der Waals surface area contributed by atoms with Crippen LogP contribution in [0.3, 0.4) is 0 Å². The van der Waals surface area contributed by atoms with Crippen LogP contribution in [0.2, 0.25) is 0 Å². The van der Waals surface area contributed by atoms with Crippen LogP contribution in [-0.4, -0.2) is 35.8 Å². The summed E-state index contributed by atoms with van der Waals surface area (Å²) in [6, 6.07) is 1.91. The van der Waals surface area contributed by atoms with Crippen molar-refractivity contribution in [3.63, 3.8) is 0 Å². The Morgan fingerprint density at radius 1 is 1.55 bits per heavy atom. The number of ether oxygens (including phenoxy) is 1. The number of piperidine rings is 1. The van der Waals surface area contributed by atoms with E-state index in [4.69, 9.17) is 10.5 Å². The molecule has 1 aliphatic heterocycles. The highest BCUT2D eigenvalue weighted by Crippen LogP contribution is 2.29. The summed E-state index contributed by atoms with van der Waals surface area (Å²) in [7, 11) is 0. The first-order chi connectivity index (χ1) is 10.2. The molecule has 1 fully saturated rings. The van der Waals surface area contributed by atoms with Crippen LogP contribution in [0.25, 0.3) is 0 Å². The zero-order valence-electron chi connectivity index (χ0n) is 13.2. The SMILES string of the molecule is CC(C)(C)OC(=O)N[C@H]1CCCN(c2cc(N)ncc2Br)C1. The van der Waals surface area contributed by atoms with Crippen LogP contribution < -0.4 is 16.0 Å². The summed E-state index contributed by atoms with van der Waals surface area (Å²) in [5.41, 5.74) is 6.29. The van der Waals surface area contributed by atoms with Gasteiger partial charge in [0.25, 0.3) is 0 Å². The van der Waals surface area contributed by atoms with Crippen molar-refractivity contribution in [1.82, 2.24) is 10.3 Å². The van der Waals surface area contributed by atoms with Crippen molar-refractivity contribution in [3.8, 4) is 0 Å². The van der Waals surface area contributed by atoms with E-state index in [9.17, 15) is 4.79 Å². The Hall–Kier alpha value is -1.50. The molecule has 6 nitrogen and oxygen atoms in total. The quantitative estimate of drug-likeness (QED) is 0.836. The highest BCUT2D eigenvalue weighted by molar-refractivity contribution is 9.10. The van der Waals surface area contributed by atoms with Crippen molar-refractivity contribution >= 4 is 33.5 Å². The highest BCUT2D eigenvalue weighted by Gasteiger charge is 2.25. The number of carbonyl (C=O) groups is 1. The lowest BCUT2D eigenvalue weighted by molar-refractivity contribution is 0.0500. The number of anilines is 2. The van der Waals surface area contributed by atoms with Crippen molar-refractivity contribution < 1.29 is 9.53 Å². The van der Waals surface area contributed by atoms with Gasteiger partial charge in [-0.05, 0) is 49.5 Å². The molecule has 1 saturated heterocycles. The van der Waals surface area contributed by atoms with Gasteiger partial charge in [-0.15, -0.1) is 0 Å². The molecule has 3 N–H and O–H groups in total. The molecule has 1 aliphatic rings. The maximum absolute atomic E-state index is 11.9. The minimum atomic E-state index is -0.485. The highest BCUT2D eigenvalue weighted by atomic mass is 79.9. The average Bonchev–Trinajstić information content (AvgIpc) is 2.39. The molecule has 0 unspecified atom stereocenters. The zero-order valence-corrected chi connectivity index (χ0v) is 14.8. The number of carbonyl (C=O) groups excluding carboxylic acids is 1. The molecule has 1 aromatic heterocycles. The predicted octanol–water partition coefficient (Wildman–Crippen LogP) is 2.92. The van der Waals surface area contributed by atoms with Crippen LogP contribution >= 0.6 is 15.9 Å². The lowest BCUT2D eigenvalue weighted by atomic mass is 10.1. The monoisotopic (exact) mass is 370 g/mol. The van der Waals surface area contributed by atoms with Gasteiger partial charge in [-0.1, -0.05) is 0 Å². The van der Waals surface area contributed by atoms with Crippen LogP contribution in [0, 0.1) is 0 Å². The third-order valence-electron chi connectivity index (χ3n) is 3.34. The number of aromatic nitrogens is 1. The number of amides is 1. The molecule has 0 aliphatic carbocycles. The maximum Gasteiger partial charge on any atom is 0.407 e. The molecule has 0 bridgehead atoms. The summed E-state index contributed by atoms with van der Waals surface area (Å²) in [5, 5.41) is 2.94. The Balaban J connectivity index is 2.00. The molecule has 1 amide bonds. The molecule has 7 heteroatoms. The lowest BCUT2D eigenvalue weighted by Crippen LogP contribution is -2.49. The van der Waals surface area contributed by atoms with E-state index >= 15 is 0 Å². The minimum Gasteiger partial charge on any atom is -0.444 e. The number of nitrogens with zero attached hydrogens (tertiary/aromatic N) is 2. The van der Waals surface area contributed by atoms with Gasteiger partial charge in [-0.3, -0.25) is 0 Å². The first-order valence-electron chi connectivity index (χ1n) is 7.40. The predicted molar refractivity (Wildman–Crippen MR) is 91.0 cm³/mol. The number of nitrogens with two attached hydrogens (primary N) is 1. The average molecular weight is 371 g/mol. The van der Waals surface area contributed by atoms with E-state index in [1.165, 1.54) is 0 Å². The van der Waals surface area contributed by atoms with E-state index in [1.54, 1.807) is 6.20 Å². The van der Waals surface area contributed by atoms with E-state index in [2.05, 4.69) is 31.1 Å². The normalized spacial score (nSPS) is 18.9. The fraction of sp³-hybridized carbons (Fsp3) is 0.600. The molecular weight excluding hydrogens is 348 g/mol. The summed E-state index contributed by atoms with van der Waals surface area (Å²) in [6.07, 6.45) is 3.27. The van der Waals surface area contributed by atoms with Gasteiger partial charge in [-0.2, -0.15) is 0 Å². The van der Waals surface area contributed by atoms with Crippen molar-refractivity contribution in [2.24, 2.45) is 0 Å². The summed E-state index contributed by atoms with van der Waals surface area (Å²) in [6.45, 7) is 7.22. The fourth-order valence-corrected chi connectivity index (χ4v) is 2.94. The summed E-state index contributed by atoms with van der Waals surface area (Å²) < 4.78 is 6.22. The topological polar surface area (TPSA) is 80.5 Å². The van der Waals surface area contributed by atoms with Gasteiger partial charge in [0.15, 0.2) is 0 Å². The van der Waals surface area contributed by atoms with Crippen LogP contribution in [-0.2, 0) is 4.74 Å². The third-order valence-corrected chi connectivity index (χ3v) is 3.95. The zero-order chi connectivity index (χ0) is 16.3. The van der Waals surface area contributed by atoms with E-state index in [0.717, 1.165) is 36.1 Å².